The van der Waals surface area contributed by atoms with Crippen molar-refractivity contribution in [3.63, 3.8) is 0 Å². The third-order valence-corrected chi connectivity index (χ3v) is 4.65. The van der Waals surface area contributed by atoms with Gasteiger partial charge in [0.15, 0.2) is 17.5 Å². The van der Waals surface area contributed by atoms with Gasteiger partial charge in [0.05, 0.1) is 13.7 Å². The van der Waals surface area contributed by atoms with E-state index >= 15 is 0 Å². The highest BCUT2D eigenvalue weighted by atomic mass is 19.1. The van der Waals surface area contributed by atoms with Crippen LogP contribution in [0.25, 0.3) is 0 Å². The van der Waals surface area contributed by atoms with Crippen molar-refractivity contribution in [1.82, 2.24) is 20.3 Å². The lowest BCUT2D eigenvalue weighted by atomic mass is 10.0. The number of hydrogen-bond donors (Lipinski definition) is 4. The number of nitrogens with zero attached hydrogens (tertiary/aromatic N) is 4. The Balaban J connectivity index is 1.72. The summed E-state index contributed by atoms with van der Waals surface area (Å²) < 4.78 is 32.6. The predicted molar refractivity (Wildman–Crippen MR) is 110 cm³/mol. The van der Waals surface area contributed by atoms with Crippen molar-refractivity contribution >= 4 is 29.1 Å². The van der Waals surface area contributed by atoms with E-state index in [0.29, 0.717) is 11.1 Å². The molecule has 0 radical (unpaired) electrons. The summed E-state index contributed by atoms with van der Waals surface area (Å²) in [4.78, 5) is 19.8. The van der Waals surface area contributed by atoms with Crippen LogP contribution in [-0.4, -0.2) is 40.1 Å². The third-order valence-electron chi connectivity index (χ3n) is 4.65. The van der Waals surface area contributed by atoms with E-state index in [9.17, 15) is 13.6 Å². The van der Waals surface area contributed by atoms with E-state index in [4.69, 9.17) is 11.5 Å². The second-order valence-corrected chi connectivity index (χ2v) is 6.64. The smallest absolute Gasteiger partial charge is 0.411 e. The summed E-state index contributed by atoms with van der Waals surface area (Å²) in [6.45, 7) is 0.105. The fourth-order valence-corrected chi connectivity index (χ4v) is 3.19. The molecule has 2 aromatic rings. The second kappa shape index (κ2) is 7.89. The van der Waals surface area contributed by atoms with Crippen molar-refractivity contribution in [1.29, 1.82) is 0 Å². The predicted octanol–water partition coefficient (Wildman–Crippen LogP) is 1.84. The minimum absolute atomic E-state index is 0.0178. The SMILES string of the molecule is COC(=O)Nc1c(N)nc(C2=NN(Cc3ccccc3F)C3NC=C(F)C=C23)nc1N. The molecule has 0 fully saturated rings. The maximum Gasteiger partial charge on any atom is 0.411 e. The van der Waals surface area contributed by atoms with Gasteiger partial charge in [-0.1, -0.05) is 18.2 Å². The van der Waals surface area contributed by atoms with E-state index in [1.165, 1.54) is 25.5 Å². The summed E-state index contributed by atoms with van der Waals surface area (Å²) in [6, 6.07) is 6.27. The highest BCUT2D eigenvalue weighted by Crippen LogP contribution is 2.31. The van der Waals surface area contributed by atoms with Crippen molar-refractivity contribution in [2.45, 2.75) is 12.7 Å². The van der Waals surface area contributed by atoms with Crippen LogP contribution in [-0.2, 0) is 11.3 Å². The molecule has 0 bridgehead atoms. The summed E-state index contributed by atoms with van der Waals surface area (Å²) in [5, 5.41) is 11.2. The van der Waals surface area contributed by atoms with Crippen LogP contribution in [0, 0.1) is 5.82 Å². The number of amides is 1. The molecule has 1 aromatic carbocycles. The Morgan fingerprint density at radius 2 is 1.97 bits per heavy atom. The number of rotatable bonds is 4. The van der Waals surface area contributed by atoms with Gasteiger partial charge in [-0.3, -0.25) is 10.3 Å². The van der Waals surface area contributed by atoms with E-state index in [0.717, 1.165) is 0 Å². The molecule has 0 saturated carbocycles. The van der Waals surface area contributed by atoms with Crippen LogP contribution >= 0.6 is 0 Å². The Morgan fingerprint density at radius 3 is 2.65 bits per heavy atom. The molecular formula is C19H18F2N8O2. The molecule has 12 heteroatoms. The van der Waals surface area contributed by atoms with Crippen LogP contribution in [0.1, 0.15) is 11.4 Å². The number of nitrogen functional groups attached to an aromatic ring is 2. The number of carbonyl (C=O) groups excluding carboxylic acids is 1. The molecule has 1 amide bonds. The molecule has 3 heterocycles. The summed E-state index contributed by atoms with van der Waals surface area (Å²) in [5.41, 5.74) is 12.9. The van der Waals surface area contributed by atoms with Crippen molar-refractivity contribution in [2.75, 3.05) is 23.9 Å². The van der Waals surface area contributed by atoms with Gasteiger partial charge in [0.2, 0.25) is 0 Å². The molecule has 10 nitrogen and oxygen atoms in total. The summed E-state index contributed by atoms with van der Waals surface area (Å²) in [6.07, 6.45) is 1.09. The first-order chi connectivity index (χ1) is 14.9. The normalized spacial score (nSPS) is 17.2. The van der Waals surface area contributed by atoms with Gasteiger partial charge in [0, 0.05) is 17.3 Å². The molecule has 31 heavy (non-hydrogen) atoms. The average molecular weight is 428 g/mol. The van der Waals surface area contributed by atoms with Crippen LogP contribution in [0.2, 0.25) is 0 Å². The Bertz CT molecular complexity index is 1120. The van der Waals surface area contributed by atoms with Crippen LogP contribution in [0.3, 0.4) is 0 Å². The molecule has 1 atom stereocenters. The molecule has 0 aliphatic carbocycles. The van der Waals surface area contributed by atoms with Gasteiger partial charge in [0.1, 0.15) is 29.2 Å². The van der Waals surface area contributed by atoms with E-state index in [-0.39, 0.29) is 35.4 Å². The molecule has 2 aliphatic heterocycles. The molecule has 0 saturated heterocycles. The first-order valence-corrected chi connectivity index (χ1v) is 9.08. The number of dihydropyridines is 1. The quantitative estimate of drug-likeness (QED) is 0.578. The Morgan fingerprint density at radius 1 is 1.26 bits per heavy atom. The van der Waals surface area contributed by atoms with Gasteiger partial charge in [-0.15, -0.1) is 0 Å². The molecule has 2 aliphatic rings. The van der Waals surface area contributed by atoms with Crippen LogP contribution in [0.4, 0.5) is 30.9 Å². The van der Waals surface area contributed by atoms with E-state index in [1.807, 2.05) is 0 Å². The zero-order chi connectivity index (χ0) is 22.1. The lowest BCUT2D eigenvalue weighted by molar-refractivity contribution is 0.187. The van der Waals surface area contributed by atoms with Crippen LogP contribution in [0.5, 0.6) is 0 Å². The Kier molecular flexibility index (Phi) is 5.11. The number of anilines is 3. The number of hydrogen-bond acceptors (Lipinski definition) is 9. The molecule has 0 spiro atoms. The standard InChI is InChI=1S/C19H18F2N8O2/c1-31-19(30)25-14-15(22)26-17(27-16(14)23)13-11-6-10(20)7-24-18(11)29(28-13)8-9-4-2-3-5-12(9)21/h2-7,18,24H,8H2,1H3,(H,25,30)(H4,22,23,26,27). The number of nitrogens with two attached hydrogens (primary N) is 2. The number of ether oxygens (including phenoxy) is 1. The molecule has 6 N–H and O–H groups in total. The number of methoxy groups -OCH3 is 1. The molecule has 1 aromatic heterocycles. The van der Waals surface area contributed by atoms with Crippen molar-refractivity contribution in [2.24, 2.45) is 5.10 Å². The van der Waals surface area contributed by atoms with E-state index in [1.54, 1.807) is 23.2 Å². The summed E-state index contributed by atoms with van der Waals surface area (Å²) in [5.74, 6) is -1.15. The van der Waals surface area contributed by atoms with E-state index in [2.05, 4.69) is 30.4 Å². The average Bonchev–Trinajstić information content (AvgIpc) is 3.09. The summed E-state index contributed by atoms with van der Waals surface area (Å²) >= 11 is 0. The molecular weight excluding hydrogens is 410 g/mol. The highest BCUT2D eigenvalue weighted by Gasteiger charge is 2.36. The first-order valence-electron chi connectivity index (χ1n) is 9.08. The molecule has 1 unspecified atom stereocenters. The van der Waals surface area contributed by atoms with Gasteiger partial charge in [-0.25, -0.2) is 23.5 Å². The zero-order valence-electron chi connectivity index (χ0n) is 16.3. The minimum Gasteiger partial charge on any atom is -0.453 e. The summed E-state index contributed by atoms with van der Waals surface area (Å²) in [7, 11) is 1.18. The number of aromatic nitrogens is 2. The van der Waals surface area contributed by atoms with Crippen molar-refractivity contribution in [3.8, 4) is 0 Å². The fourth-order valence-electron chi connectivity index (χ4n) is 3.19. The number of halogens is 2. The van der Waals surface area contributed by atoms with Crippen LogP contribution < -0.4 is 22.1 Å². The van der Waals surface area contributed by atoms with Gasteiger partial charge in [0.25, 0.3) is 0 Å². The first kappa shape index (κ1) is 20.1. The van der Waals surface area contributed by atoms with Crippen molar-refractivity contribution < 1.29 is 18.3 Å². The topological polar surface area (TPSA) is 144 Å². The molecule has 160 valence electrons. The maximum absolute atomic E-state index is 14.1. The number of hydrazone groups is 1. The Hall–Kier alpha value is -4.22. The lowest BCUT2D eigenvalue weighted by Gasteiger charge is -2.26. The van der Waals surface area contributed by atoms with Gasteiger partial charge < -0.3 is 21.5 Å². The fraction of sp³-hybridized carbons (Fsp3) is 0.158. The van der Waals surface area contributed by atoms with Gasteiger partial charge >= 0.3 is 6.09 Å². The second-order valence-electron chi connectivity index (χ2n) is 6.64. The Labute approximate surface area is 175 Å². The van der Waals surface area contributed by atoms with Gasteiger partial charge in [-0.05, 0) is 12.1 Å². The number of benzene rings is 1. The van der Waals surface area contributed by atoms with Crippen molar-refractivity contribution in [3.05, 3.63) is 65.1 Å². The largest absolute Gasteiger partial charge is 0.453 e. The minimum atomic E-state index is -0.796. The number of carbonyl (C=O) groups is 1. The number of allylic oxidation sites excluding steroid dienone is 2. The zero-order valence-corrected chi connectivity index (χ0v) is 16.3. The third kappa shape index (κ3) is 3.82. The van der Waals surface area contributed by atoms with Gasteiger partial charge in [-0.2, -0.15) is 5.10 Å². The monoisotopic (exact) mass is 428 g/mol. The number of nitrogens with one attached hydrogen (secondary N) is 2. The maximum atomic E-state index is 14.1. The molecule has 4 rings (SSSR count). The number of fused-ring (bicyclic) bond motifs is 1. The highest BCUT2D eigenvalue weighted by molar-refractivity contribution is 6.13. The van der Waals surface area contributed by atoms with Crippen LogP contribution in [0.15, 0.2) is 53.0 Å². The lowest BCUT2D eigenvalue weighted by Crippen LogP contribution is -2.40. The van der Waals surface area contributed by atoms with E-state index < -0.39 is 23.9 Å².